The van der Waals surface area contributed by atoms with Crippen LogP contribution in [0.1, 0.15) is 32.1 Å². The summed E-state index contributed by atoms with van der Waals surface area (Å²) >= 11 is 0. The van der Waals surface area contributed by atoms with Crippen LogP contribution >= 0.6 is 0 Å². The van der Waals surface area contributed by atoms with Crippen LogP contribution in [-0.4, -0.2) is 38.5 Å². The van der Waals surface area contributed by atoms with Crippen molar-refractivity contribution in [3.8, 4) is 0 Å². The van der Waals surface area contributed by atoms with E-state index in [9.17, 15) is 9.59 Å². The van der Waals surface area contributed by atoms with E-state index in [4.69, 9.17) is 5.11 Å². The number of nitrogens with zero attached hydrogens (tertiary/aromatic N) is 3. The van der Waals surface area contributed by atoms with Crippen LogP contribution in [0.4, 0.5) is 0 Å². The molecule has 2 rings (SSSR count). The third kappa shape index (κ3) is 3.79. The molecule has 7 nitrogen and oxygen atoms in total. The van der Waals surface area contributed by atoms with Gasteiger partial charge in [0.05, 0.1) is 18.0 Å². The molecule has 1 aromatic rings. The zero-order chi connectivity index (χ0) is 14.4. The van der Waals surface area contributed by atoms with Gasteiger partial charge in [-0.15, -0.1) is 5.10 Å². The molecule has 20 heavy (non-hydrogen) atoms. The Hall–Kier alpha value is -1.92. The first-order valence-electron chi connectivity index (χ1n) is 7.03. The zero-order valence-electron chi connectivity index (χ0n) is 11.4. The molecule has 1 aliphatic rings. The first-order valence-corrected chi connectivity index (χ1v) is 7.03. The summed E-state index contributed by atoms with van der Waals surface area (Å²) in [6, 6.07) is 0. The lowest BCUT2D eigenvalue weighted by Gasteiger charge is -2.27. The van der Waals surface area contributed by atoms with E-state index in [2.05, 4.69) is 15.6 Å². The number of carbonyl (C=O) groups excluding carboxylic acids is 1. The predicted octanol–water partition coefficient (Wildman–Crippen LogP) is 0.675. The molecule has 1 aliphatic carbocycles. The largest absolute Gasteiger partial charge is 0.481 e. The van der Waals surface area contributed by atoms with Gasteiger partial charge in [0.1, 0.15) is 0 Å². The minimum absolute atomic E-state index is 0.129. The number of carboxylic acids is 1. The third-order valence-electron chi connectivity index (χ3n) is 3.76. The predicted molar refractivity (Wildman–Crippen MR) is 70.7 cm³/mol. The Kier molecular flexibility index (Phi) is 5.09. The van der Waals surface area contributed by atoms with Crippen molar-refractivity contribution in [2.45, 2.75) is 38.6 Å². The average Bonchev–Trinajstić information content (AvgIpc) is 2.96. The third-order valence-corrected chi connectivity index (χ3v) is 3.76. The smallest absolute Gasteiger partial charge is 0.307 e. The van der Waals surface area contributed by atoms with E-state index in [0.29, 0.717) is 25.9 Å². The Labute approximate surface area is 117 Å². The second-order valence-electron chi connectivity index (χ2n) is 5.15. The topological polar surface area (TPSA) is 97.1 Å². The average molecular weight is 280 g/mol. The van der Waals surface area contributed by atoms with Crippen LogP contribution in [0.3, 0.4) is 0 Å². The van der Waals surface area contributed by atoms with Crippen molar-refractivity contribution in [1.82, 2.24) is 20.3 Å². The number of carboxylic acid groups (broad SMARTS) is 1. The van der Waals surface area contributed by atoms with Crippen LogP contribution in [0.5, 0.6) is 0 Å². The number of nitrogens with one attached hydrogen (secondary N) is 1. The number of hydrogen-bond donors (Lipinski definition) is 2. The zero-order valence-corrected chi connectivity index (χ0v) is 11.4. The standard InChI is InChI=1S/C13H20N4O3/c18-12(10-4-1-2-5-11(10)13(19)20)14-6-3-8-17-9-7-15-16-17/h7,9-11H,1-6,8H2,(H,14,18)(H,19,20)/t10-,11+/m1/s1. The number of carbonyl (C=O) groups is 2. The van der Waals surface area contributed by atoms with Gasteiger partial charge < -0.3 is 10.4 Å². The van der Waals surface area contributed by atoms with E-state index in [1.807, 2.05) is 0 Å². The van der Waals surface area contributed by atoms with Crippen molar-refractivity contribution in [2.75, 3.05) is 6.54 Å². The van der Waals surface area contributed by atoms with Gasteiger partial charge in [0, 0.05) is 19.3 Å². The summed E-state index contributed by atoms with van der Waals surface area (Å²) < 4.78 is 1.70. The van der Waals surface area contributed by atoms with Crippen LogP contribution in [0.2, 0.25) is 0 Å². The van der Waals surface area contributed by atoms with Gasteiger partial charge in [-0.1, -0.05) is 18.1 Å². The molecule has 0 spiro atoms. The fraction of sp³-hybridized carbons (Fsp3) is 0.692. The maximum Gasteiger partial charge on any atom is 0.307 e. The highest BCUT2D eigenvalue weighted by molar-refractivity contribution is 5.84. The van der Waals surface area contributed by atoms with Crippen LogP contribution < -0.4 is 5.32 Å². The number of hydrogen-bond acceptors (Lipinski definition) is 4. The molecular formula is C13H20N4O3. The number of amides is 1. The van der Waals surface area contributed by atoms with Crippen LogP contribution in [0, 0.1) is 11.8 Å². The van der Waals surface area contributed by atoms with E-state index in [1.54, 1.807) is 17.1 Å². The molecule has 0 aliphatic heterocycles. The van der Waals surface area contributed by atoms with Crippen molar-refractivity contribution in [3.05, 3.63) is 12.4 Å². The summed E-state index contributed by atoms with van der Waals surface area (Å²) in [6.45, 7) is 1.22. The van der Waals surface area contributed by atoms with E-state index in [-0.39, 0.29) is 11.8 Å². The summed E-state index contributed by atoms with van der Waals surface area (Å²) in [6.07, 6.45) is 7.23. The van der Waals surface area contributed by atoms with E-state index in [0.717, 1.165) is 19.3 Å². The number of rotatable bonds is 6. The van der Waals surface area contributed by atoms with Crippen molar-refractivity contribution in [2.24, 2.45) is 11.8 Å². The molecule has 1 amide bonds. The van der Waals surface area contributed by atoms with Crippen molar-refractivity contribution >= 4 is 11.9 Å². The molecule has 0 aromatic carbocycles. The summed E-state index contributed by atoms with van der Waals surface area (Å²) in [7, 11) is 0. The lowest BCUT2D eigenvalue weighted by molar-refractivity contribution is -0.148. The molecule has 0 unspecified atom stereocenters. The molecular weight excluding hydrogens is 260 g/mol. The summed E-state index contributed by atoms with van der Waals surface area (Å²) in [4.78, 5) is 23.2. The molecule has 1 fully saturated rings. The summed E-state index contributed by atoms with van der Waals surface area (Å²) in [5.41, 5.74) is 0. The van der Waals surface area contributed by atoms with E-state index < -0.39 is 11.9 Å². The Morgan fingerprint density at radius 3 is 2.70 bits per heavy atom. The van der Waals surface area contributed by atoms with E-state index >= 15 is 0 Å². The first kappa shape index (κ1) is 14.5. The van der Waals surface area contributed by atoms with Gasteiger partial charge in [-0.3, -0.25) is 14.3 Å². The minimum atomic E-state index is -0.854. The van der Waals surface area contributed by atoms with Gasteiger partial charge in [0.15, 0.2) is 0 Å². The fourth-order valence-electron chi connectivity index (χ4n) is 2.68. The van der Waals surface area contributed by atoms with Gasteiger partial charge in [-0.25, -0.2) is 0 Å². The number of aryl methyl sites for hydroxylation is 1. The molecule has 1 heterocycles. The number of aromatic nitrogens is 3. The molecule has 2 N–H and O–H groups in total. The molecule has 0 bridgehead atoms. The van der Waals surface area contributed by atoms with Gasteiger partial charge in [-0.2, -0.15) is 0 Å². The highest BCUT2D eigenvalue weighted by atomic mass is 16.4. The first-order chi connectivity index (χ1) is 9.68. The maximum absolute atomic E-state index is 12.1. The van der Waals surface area contributed by atoms with Gasteiger partial charge in [-0.05, 0) is 19.3 Å². The molecule has 110 valence electrons. The fourth-order valence-corrected chi connectivity index (χ4v) is 2.68. The maximum atomic E-state index is 12.1. The summed E-state index contributed by atoms with van der Waals surface area (Å²) in [5, 5.41) is 19.5. The van der Waals surface area contributed by atoms with Gasteiger partial charge >= 0.3 is 5.97 Å². The Morgan fingerprint density at radius 1 is 1.30 bits per heavy atom. The lowest BCUT2D eigenvalue weighted by Crippen LogP contribution is -2.40. The Balaban J connectivity index is 1.74. The normalized spacial score (nSPS) is 22.4. The molecule has 0 saturated heterocycles. The van der Waals surface area contributed by atoms with Gasteiger partial charge in [0.25, 0.3) is 0 Å². The lowest BCUT2D eigenvalue weighted by atomic mass is 9.79. The molecule has 1 aromatic heterocycles. The Bertz CT molecular complexity index is 446. The van der Waals surface area contributed by atoms with Crippen LogP contribution in [0.15, 0.2) is 12.4 Å². The monoisotopic (exact) mass is 280 g/mol. The molecule has 7 heteroatoms. The molecule has 0 radical (unpaired) electrons. The van der Waals surface area contributed by atoms with Crippen LogP contribution in [0.25, 0.3) is 0 Å². The van der Waals surface area contributed by atoms with Crippen molar-refractivity contribution in [3.63, 3.8) is 0 Å². The second-order valence-corrected chi connectivity index (χ2v) is 5.15. The molecule has 1 saturated carbocycles. The van der Waals surface area contributed by atoms with E-state index in [1.165, 1.54) is 0 Å². The van der Waals surface area contributed by atoms with Crippen LogP contribution in [-0.2, 0) is 16.1 Å². The quantitative estimate of drug-likeness (QED) is 0.747. The van der Waals surface area contributed by atoms with Crippen molar-refractivity contribution in [1.29, 1.82) is 0 Å². The number of aliphatic carboxylic acids is 1. The highest BCUT2D eigenvalue weighted by Gasteiger charge is 2.35. The minimum Gasteiger partial charge on any atom is -0.481 e. The SMILES string of the molecule is O=C(O)[C@H]1CCCC[C@H]1C(=O)NCCCn1ccnn1. The highest BCUT2D eigenvalue weighted by Crippen LogP contribution is 2.30. The summed E-state index contributed by atoms with van der Waals surface area (Å²) in [5.74, 6) is -1.89. The van der Waals surface area contributed by atoms with Crippen molar-refractivity contribution < 1.29 is 14.7 Å². The molecule has 2 atom stereocenters. The Morgan fingerprint density at radius 2 is 2.05 bits per heavy atom. The van der Waals surface area contributed by atoms with Gasteiger partial charge in [0.2, 0.25) is 5.91 Å². The second kappa shape index (κ2) is 7.02.